The fraction of sp³-hybridized carbons (Fsp3) is 0. The van der Waals surface area contributed by atoms with Crippen LogP contribution in [0.15, 0.2) is 510 Å². The van der Waals surface area contributed by atoms with Crippen LogP contribution in [0.25, 0.3) is 214 Å². The van der Waals surface area contributed by atoms with E-state index >= 15 is 0 Å². The molecule has 0 aliphatic carbocycles. The summed E-state index contributed by atoms with van der Waals surface area (Å²) in [4.78, 5) is 7.40. The van der Waals surface area contributed by atoms with Crippen molar-refractivity contribution in [1.82, 2.24) is 9.55 Å². The van der Waals surface area contributed by atoms with Gasteiger partial charge in [0.05, 0.1) is 11.0 Å². The summed E-state index contributed by atoms with van der Waals surface area (Å²) in [6.45, 7) is 0. The molecule has 132 heavy (non-hydrogen) atoms. The summed E-state index contributed by atoms with van der Waals surface area (Å²) in [6.07, 6.45) is 4.36. The average molecular weight is 1680 g/mol. The van der Waals surface area contributed by atoms with Gasteiger partial charge in [0.2, 0.25) is 0 Å². The number of para-hydroxylation sites is 4. The predicted molar refractivity (Wildman–Crippen MR) is 563 cm³/mol. The number of benzene rings is 23. The molecule has 0 spiro atoms. The Labute approximate surface area is 766 Å². The molecule has 3 heteroatoms. The Morgan fingerprint density at radius 2 is 0.447 bits per heavy atom. The Morgan fingerprint density at radius 1 is 0.189 bits per heavy atom. The molecule has 3 nitrogen and oxygen atoms in total. The van der Waals surface area contributed by atoms with Crippen LogP contribution in [0.1, 0.15) is 16.7 Å². The van der Waals surface area contributed by atoms with Gasteiger partial charge in [0, 0.05) is 39.6 Å². The second kappa shape index (κ2) is 33.8. The van der Waals surface area contributed by atoms with Crippen molar-refractivity contribution < 1.29 is 0 Å². The van der Waals surface area contributed by atoms with Crippen molar-refractivity contribution in [2.24, 2.45) is 0 Å². The number of hydrogen-bond acceptors (Lipinski definition) is 2. The maximum atomic E-state index is 5.19. The van der Waals surface area contributed by atoms with Crippen LogP contribution >= 0.6 is 0 Å². The van der Waals surface area contributed by atoms with Crippen LogP contribution in [0.2, 0.25) is 0 Å². The van der Waals surface area contributed by atoms with E-state index < -0.39 is 0 Å². The van der Waals surface area contributed by atoms with Gasteiger partial charge >= 0.3 is 0 Å². The summed E-state index contributed by atoms with van der Waals surface area (Å²) in [7, 11) is 0. The highest BCUT2D eigenvalue weighted by atomic mass is 15.2. The summed E-state index contributed by atoms with van der Waals surface area (Å²) < 4.78 is 2.40. The molecule has 25 rings (SSSR count). The van der Waals surface area contributed by atoms with Gasteiger partial charge in [-0.1, -0.05) is 437 Å². The molecule has 0 N–H and O–H groups in total. The molecule has 0 saturated heterocycles. The van der Waals surface area contributed by atoms with Crippen molar-refractivity contribution in [3.8, 4) is 94.7 Å². The molecule has 0 atom stereocenters. The van der Waals surface area contributed by atoms with E-state index in [1.165, 1.54) is 208 Å². The molecule has 0 aliphatic rings. The molecule has 0 bridgehead atoms. The van der Waals surface area contributed by atoms with E-state index in [0.717, 1.165) is 34.0 Å². The molecular weight excluding hydrogens is 1590 g/mol. The van der Waals surface area contributed by atoms with Crippen LogP contribution in [0, 0.1) is 0 Å². The summed E-state index contributed by atoms with van der Waals surface area (Å²) >= 11 is 0. The van der Waals surface area contributed by atoms with E-state index in [4.69, 9.17) is 4.98 Å². The Hall–Kier alpha value is -17.4. The van der Waals surface area contributed by atoms with Crippen molar-refractivity contribution in [3.63, 3.8) is 0 Å². The topological polar surface area (TPSA) is 21.1 Å². The fourth-order valence-corrected chi connectivity index (χ4v) is 20.8. The summed E-state index contributed by atoms with van der Waals surface area (Å²) in [5.41, 5.74) is 30.0. The molecule has 0 saturated carbocycles. The highest BCUT2D eigenvalue weighted by Gasteiger charge is 2.27. The fourth-order valence-electron chi connectivity index (χ4n) is 20.8. The second-order valence-electron chi connectivity index (χ2n) is 34.1. The third-order valence-corrected chi connectivity index (χ3v) is 26.7. The van der Waals surface area contributed by atoms with Gasteiger partial charge in [0.1, 0.15) is 5.82 Å². The van der Waals surface area contributed by atoms with E-state index in [2.05, 4.69) is 519 Å². The first-order valence-electron chi connectivity index (χ1n) is 45.5. The Balaban J connectivity index is 0.000000146. The lowest BCUT2D eigenvalue weighted by molar-refractivity contribution is 1.18. The largest absolute Gasteiger partial charge is 0.309 e. The molecule has 25 aromatic rings. The molecule has 0 unspecified atom stereocenters. The van der Waals surface area contributed by atoms with Gasteiger partial charge in [0.25, 0.3) is 0 Å². The predicted octanol–water partition coefficient (Wildman–Crippen LogP) is 35.5. The van der Waals surface area contributed by atoms with Gasteiger partial charge in [-0.25, -0.2) is 4.98 Å². The zero-order valence-corrected chi connectivity index (χ0v) is 72.4. The molecular formula is C129H85N3. The number of aromatic nitrogens is 2. The molecule has 23 aromatic carbocycles. The van der Waals surface area contributed by atoms with Crippen LogP contribution in [0.4, 0.5) is 17.2 Å². The van der Waals surface area contributed by atoms with Gasteiger partial charge in [-0.3, -0.25) is 4.90 Å². The number of anilines is 3. The van der Waals surface area contributed by atoms with E-state index in [1.807, 2.05) is 6.20 Å². The third-order valence-electron chi connectivity index (χ3n) is 26.7. The number of pyridine rings is 1. The van der Waals surface area contributed by atoms with Crippen molar-refractivity contribution in [1.29, 1.82) is 0 Å². The SMILES string of the molecule is C(=C(c1ccccc1)c1ccccc1)c1ccc(-c2c3ccccc3c(-c3c4ccccc4c(-c4ccc5c(c4)c4ccccc4n5-c4ccccc4)c4ccccc34)c3ccccc23)cc1.c1ccc(-c2ccc(-c3ccc(-c4c5ccccc5c(-c5c6ccccc6c(-c6ccc(N(c7ccccc7)c7ccccc7)nc6)c6ccccc56)c5ccccc45)cc3)cc2)cc1. The summed E-state index contributed by atoms with van der Waals surface area (Å²) in [5, 5.41) is 22.2. The monoisotopic (exact) mass is 1680 g/mol. The quantitative estimate of drug-likeness (QED) is 0.0753. The average Bonchev–Trinajstić information content (AvgIpc) is 1.03. The molecule has 0 radical (unpaired) electrons. The number of hydrogen-bond donors (Lipinski definition) is 0. The Bertz CT molecular complexity index is 8420. The van der Waals surface area contributed by atoms with Gasteiger partial charge in [0.15, 0.2) is 0 Å². The smallest absolute Gasteiger partial charge is 0.137 e. The number of rotatable bonds is 15. The zero-order chi connectivity index (χ0) is 87.4. The Kier molecular flexibility index (Phi) is 20.0. The first kappa shape index (κ1) is 78.1. The van der Waals surface area contributed by atoms with Crippen LogP contribution in [0.5, 0.6) is 0 Å². The first-order valence-corrected chi connectivity index (χ1v) is 45.5. The maximum Gasteiger partial charge on any atom is 0.137 e. The molecule has 2 aromatic heterocycles. The summed E-state index contributed by atoms with van der Waals surface area (Å²) in [5.74, 6) is 0.863. The van der Waals surface area contributed by atoms with Crippen molar-refractivity contribution in [2.75, 3.05) is 4.90 Å². The minimum absolute atomic E-state index is 0.863. The molecule has 0 aliphatic heterocycles. The van der Waals surface area contributed by atoms with E-state index in [9.17, 15) is 0 Å². The minimum atomic E-state index is 0.863. The minimum Gasteiger partial charge on any atom is -0.309 e. The van der Waals surface area contributed by atoms with E-state index in [-0.39, 0.29) is 0 Å². The van der Waals surface area contributed by atoms with E-state index in [1.54, 1.807) is 0 Å². The Morgan fingerprint density at radius 3 is 0.803 bits per heavy atom. The summed E-state index contributed by atoms with van der Waals surface area (Å²) in [6, 6.07) is 183. The molecule has 2 heterocycles. The van der Waals surface area contributed by atoms with Gasteiger partial charge in [-0.15, -0.1) is 0 Å². The third kappa shape index (κ3) is 13.8. The van der Waals surface area contributed by atoms with Crippen LogP contribution in [-0.4, -0.2) is 9.55 Å². The van der Waals surface area contributed by atoms with Crippen LogP contribution in [-0.2, 0) is 0 Å². The normalized spacial score (nSPS) is 11.5. The maximum absolute atomic E-state index is 5.19. The zero-order valence-electron chi connectivity index (χ0n) is 72.4. The van der Waals surface area contributed by atoms with Crippen molar-refractivity contribution >= 4 is 137 Å². The van der Waals surface area contributed by atoms with Crippen LogP contribution < -0.4 is 4.90 Å². The standard InChI is InChI=1S/C66H43N.C63H42N2/c1-4-20-45(21-5-1)59(46-22-6-2-7-23-46)42-44-36-38-47(39-37-44)63-51-27-10-14-31-55(51)65(56-32-15-11-28-52(56)63)66-57-33-16-12-29-53(57)64(54-30-13-17-34-58(54)66)48-40-41-62-60(43-48)50-26-18-19-35-61(50)67(62)49-24-8-3-9-25-49;1-4-18-43(19-5-1)44-32-34-45(35-33-44)46-36-38-47(39-37-46)60-51-24-10-14-28-55(51)62(56-29-15-11-25-52(56)60)63-57-30-16-12-26-53(57)61(54-27-13-17-31-58(54)63)48-40-41-59(64-42-48)65(49-20-6-2-7-21-49)50-22-8-3-9-23-50/h1-43H;1-42H. The lowest BCUT2D eigenvalue weighted by Crippen LogP contribution is -2.11. The first-order chi connectivity index (χ1) is 65.6. The van der Waals surface area contributed by atoms with Crippen molar-refractivity contribution in [3.05, 3.63) is 526 Å². The van der Waals surface area contributed by atoms with Gasteiger partial charge in [-0.2, -0.15) is 0 Å². The highest BCUT2D eigenvalue weighted by Crippen LogP contribution is 2.54. The molecule has 0 fully saturated rings. The van der Waals surface area contributed by atoms with Gasteiger partial charge < -0.3 is 4.57 Å². The number of nitrogens with zero attached hydrogens (tertiary/aromatic N) is 3. The van der Waals surface area contributed by atoms with Gasteiger partial charge in [-0.05, 0) is 265 Å². The lowest BCUT2D eigenvalue weighted by atomic mass is 9.81. The van der Waals surface area contributed by atoms with Crippen LogP contribution in [0.3, 0.4) is 0 Å². The highest BCUT2D eigenvalue weighted by molar-refractivity contribution is 6.32. The number of fused-ring (bicyclic) bond motifs is 11. The molecule has 0 amide bonds. The lowest BCUT2D eigenvalue weighted by Gasteiger charge is -2.25. The molecule has 616 valence electrons. The second-order valence-corrected chi connectivity index (χ2v) is 34.1. The van der Waals surface area contributed by atoms with Crippen molar-refractivity contribution in [2.45, 2.75) is 0 Å². The van der Waals surface area contributed by atoms with E-state index in [0.29, 0.717) is 0 Å².